The maximum absolute atomic E-state index is 13.7. The maximum atomic E-state index is 13.7. The van der Waals surface area contributed by atoms with Crippen molar-refractivity contribution in [2.75, 3.05) is 0 Å². The molecule has 1 saturated carbocycles. The Balaban J connectivity index is 1.48. The minimum atomic E-state index is -1.04. The molecule has 4 heterocycles. The van der Waals surface area contributed by atoms with Crippen LogP contribution in [0.25, 0.3) is 0 Å². The first-order chi connectivity index (χ1) is 18.5. The Morgan fingerprint density at radius 3 is 2.51 bits per heavy atom. The Labute approximate surface area is 224 Å². The number of carbonyl (C=O) groups excluding carboxylic acids is 3. The number of benzene rings is 1. The predicted octanol–water partition coefficient (Wildman–Crippen LogP) is 2.10. The molecule has 10 nitrogen and oxygen atoms in total. The van der Waals surface area contributed by atoms with Gasteiger partial charge in [-0.25, -0.2) is 9.37 Å². The third-order valence-corrected chi connectivity index (χ3v) is 8.38. The Morgan fingerprint density at radius 1 is 1.21 bits per heavy atom. The lowest BCUT2D eigenvalue weighted by atomic mass is 9.77. The van der Waals surface area contributed by atoms with E-state index in [1.807, 2.05) is 6.92 Å². The zero-order valence-electron chi connectivity index (χ0n) is 22.0. The summed E-state index contributed by atoms with van der Waals surface area (Å²) in [7, 11) is 0. The van der Waals surface area contributed by atoms with Crippen LogP contribution in [0.4, 0.5) is 4.39 Å². The molecule has 11 heteroatoms. The summed E-state index contributed by atoms with van der Waals surface area (Å²) < 4.78 is 14.6. The largest absolute Gasteiger partial charge is 0.501 e. The molecule has 2 atom stereocenters. The van der Waals surface area contributed by atoms with Gasteiger partial charge in [0.15, 0.2) is 5.69 Å². The van der Waals surface area contributed by atoms with Gasteiger partial charge in [0, 0.05) is 20.0 Å². The van der Waals surface area contributed by atoms with Crippen molar-refractivity contribution in [2.45, 2.75) is 76.7 Å². The summed E-state index contributed by atoms with van der Waals surface area (Å²) in [4.78, 5) is 58.4. The smallest absolute Gasteiger partial charge is 0.296 e. The molecule has 3 amide bonds. The predicted molar refractivity (Wildman–Crippen MR) is 139 cm³/mol. The second-order valence-electron chi connectivity index (χ2n) is 10.9. The molecule has 1 unspecified atom stereocenters. The normalized spacial score (nSPS) is 25.7. The maximum Gasteiger partial charge on any atom is 0.296 e. The lowest BCUT2D eigenvalue weighted by molar-refractivity contribution is -0.139. The molecule has 4 aliphatic rings. The number of nitrogens with zero attached hydrogens (tertiary/aromatic N) is 3. The van der Waals surface area contributed by atoms with E-state index in [0.29, 0.717) is 31.4 Å². The molecule has 3 N–H and O–H groups in total. The van der Waals surface area contributed by atoms with Crippen LogP contribution in [0.5, 0.6) is 5.75 Å². The van der Waals surface area contributed by atoms with Gasteiger partial charge in [0.25, 0.3) is 11.5 Å². The second kappa shape index (κ2) is 9.94. The molecule has 1 saturated heterocycles. The molecule has 2 fully saturated rings. The number of nitrogens with one attached hydrogen (secondary N) is 2. The van der Waals surface area contributed by atoms with Gasteiger partial charge >= 0.3 is 0 Å². The fraction of sp³-hybridized carbons (Fsp3) is 0.464. The highest BCUT2D eigenvalue weighted by molar-refractivity contribution is 5.94. The van der Waals surface area contributed by atoms with Gasteiger partial charge in [-0.2, -0.15) is 0 Å². The monoisotopic (exact) mass is 537 g/mol. The van der Waals surface area contributed by atoms with Crippen LogP contribution in [0.2, 0.25) is 0 Å². The first-order valence-electron chi connectivity index (χ1n) is 13.2. The second-order valence-corrected chi connectivity index (χ2v) is 10.9. The van der Waals surface area contributed by atoms with E-state index in [-0.39, 0.29) is 36.1 Å². The number of aromatic hydroxyl groups is 1. The van der Waals surface area contributed by atoms with E-state index >= 15 is 0 Å². The van der Waals surface area contributed by atoms with E-state index < -0.39 is 40.3 Å². The molecule has 0 spiro atoms. The summed E-state index contributed by atoms with van der Waals surface area (Å²) in [5.74, 6) is -2.15. The SMILES string of the molecule is C=C1CC(C(=O)NC23CCC(CC2)Cn2c3nc(C(=O)NCc3ccc(F)cc3)c(O)c2=O)N(C(C)=O)[C@@H]1C. The summed E-state index contributed by atoms with van der Waals surface area (Å²) in [6, 6.07) is 4.55. The van der Waals surface area contributed by atoms with Crippen molar-refractivity contribution < 1.29 is 23.9 Å². The average Bonchev–Trinajstić information content (AvgIpc) is 3.04. The molecule has 39 heavy (non-hydrogen) atoms. The Kier molecular flexibility index (Phi) is 6.77. The van der Waals surface area contributed by atoms with Gasteiger partial charge in [-0.15, -0.1) is 0 Å². The molecule has 2 aromatic rings. The molecule has 6 rings (SSSR count). The van der Waals surface area contributed by atoms with Gasteiger partial charge in [-0.05, 0) is 62.6 Å². The fourth-order valence-corrected chi connectivity index (χ4v) is 6.14. The molecular weight excluding hydrogens is 505 g/mol. The summed E-state index contributed by atoms with van der Waals surface area (Å²) in [5, 5.41) is 16.4. The zero-order valence-corrected chi connectivity index (χ0v) is 22.0. The van der Waals surface area contributed by atoms with Crippen molar-refractivity contribution in [1.29, 1.82) is 0 Å². The number of hydrogen-bond acceptors (Lipinski definition) is 6. The summed E-state index contributed by atoms with van der Waals surface area (Å²) in [6.45, 7) is 7.62. The van der Waals surface area contributed by atoms with Crippen LogP contribution in [-0.4, -0.2) is 49.4 Å². The number of halogens is 1. The fourth-order valence-electron chi connectivity index (χ4n) is 6.14. The Hall–Kier alpha value is -4.02. The number of fused-ring (bicyclic) bond motifs is 2. The standard InChI is InChI=1S/C28H32FN5O5/c1-15-12-21(34(16(15)2)17(3)35)24(37)32-28-10-8-19(9-11-28)14-33-26(39)23(36)22(31-27(28)33)25(38)30-13-18-4-6-20(29)7-5-18/h4-7,16,19,21,36H,1,8-14H2,2-3H3,(H,30,38)(H,32,37)/t16-,19?,21?,28?/m1/s1. The minimum Gasteiger partial charge on any atom is -0.501 e. The van der Waals surface area contributed by atoms with Crippen molar-refractivity contribution in [3.8, 4) is 5.75 Å². The quantitative estimate of drug-likeness (QED) is 0.501. The van der Waals surface area contributed by atoms with E-state index in [0.717, 1.165) is 18.4 Å². The summed E-state index contributed by atoms with van der Waals surface area (Å²) in [6.07, 6.45) is 2.78. The highest BCUT2D eigenvalue weighted by atomic mass is 19.1. The number of rotatable bonds is 5. The van der Waals surface area contributed by atoms with Crippen molar-refractivity contribution in [3.05, 3.63) is 69.7 Å². The molecule has 1 aromatic carbocycles. The summed E-state index contributed by atoms with van der Waals surface area (Å²) in [5.41, 5.74) is -0.806. The van der Waals surface area contributed by atoms with Crippen LogP contribution in [0, 0.1) is 11.7 Å². The van der Waals surface area contributed by atoms with Crippen LogP contribution in [0.1, 0.15) is 67.8 Å². The van der Waals surface area contributed by atoms with E-state index in [4.69, 9.17) is 0 Å². The highest BCUT2D eigenvalue weighted by Crippen LogP contribution is 2.43. The molecule has 1 aliphatic carbocycles. The van der Waals surface area contributed by atoms with Gasteiger partial charge in [0.2, 0.25) is 17.6 Å². The van der Waals surface area contributed by atoms with Crippen molar-refractivity contribution in [3.63, 3.8) is 0 Å². The van der Waals surface area contributed by atoms with Crippen molar-refractivity contribution in [2.24, 2.45) is 5.92 Å². The van der Waals surface area contributed by atoms with Crippen LogP contribution in [0.15, 0.2) is 41.2 Å². The van der Waals surface area contributed by atoms with Gasteiger partial charge < -0.3 is 20.6 Å². The number of amides is 3. The lowest BCUT2D eigenvalue weighted by Crippen LogP contribution is -2.56. The third kappa shape index (κ3) is 4.70. The Bertz CT molecular complexity index is 1410. The first-order valence-corrected chi connectivity index (χ1v) is 13.2. The highest BCUT2D eigenvalue weighted by Gasteiger charge is 2.48. The van der Waals surface area contributed by atoms with Gasteiger partial charge in [0.05, 0.1) is 11.6 Å². The van der Waals surface area contributed by atoms with Crippen molar-refractivity contribution in [1.82, 2.24) is 25.1 Å². The van der Waals surface area contributed by atoms with Crippen LogP contribution >= 0.6 is 0 Å². The average molecular weight is 538 g/mol. The number of carbonyl (C=O) groups is 3. The van der Waals surface area contributed by atoms with Gasteiger partial charge in [0.1, 0.15) is 17.7 Å². The molecule has 0 radical (unpaired) electrons. The molecule has 1 aromatic heterocycles. The Morgan fingerprint density at radius 2 is 1.87 bits per heavy atom. The third-order valence-electron chi connectivity index (χ3n) is 8.38. The van der Waals surface area contributed by atoms with E-state index in [2.05, 4.69) is 22.2 Å². The number of aromatic nitrogens is 2. The number of likely N-dealkylation sites (tertiary alicyclic amines) is 1. The minimum absolute atomic E-state index is 0.0350. The van der Waals surface area contributed by atoms with Gasteiger partial charge in [-0.1, -0.05) is 24.3 Å². The molecule has 2 bridgehead atoms. The molecule has 206 valence electrons. The summed E-state index contributed by atoms with van der Waals surface area (Å²) >= 11 is 0. The van der Waals surface area contributed by atoms with Crippen LogP contribution in [0.3, 0.4) is 0 Å². The topological polar surface area (TPSA) is 134 Å². The van der Waals surface area contributed by atoms with Crippen LogP contribution < -0.4 is 16.2 Å². The molecular formula is C28H32FN5O5. The molecule has 3 aliphatic heterocycles. The van der Waals surface area contributed by atoms with Crippen molar-refractivity contribution >= 4 is 17.7 Å². The van der Waals surface area contributed by atoms with Gasteiger partial charge in [-0.3, -0.25) is 23.7 Å². The number of hydrogen-bond donors (Lipinski definition) is 3. The van der Waals surface area contributed by atoms with E-state index in [9.17, 15) is 28.7 Å². The lowest BCUT2D eigenvalue weighted by Gasteiger charge is -2.38. The van der Waals surface area contributed by atoms with E-state index in [1.54, 1.807) is 0 Å². The van der Waals surface area contributed by atoms with E-state index in [1.165, 1.54) is 40.7 Å². The zero-order chi connectivity index (χ0) is 28.1. The van der Waals surface area contributed by atoms with Crippen LogP contribution in [-0.2, 0) is 28.2 Å². The first kappa shape index (κ1) is 26.6.